The highest BCUT2D eigenvalue weighted by molar-refractivity contribution is 7.85. The molecule has 1 atom stereocenters. The molecule has 30 heavy (non-hydrogen) atoms. The Morgan fingerprint density at radius 1 is 1.17 bits per heavy atom. The summed E-state index contributed by atoms with van der Waals surface area (Å²) in [5.74, 6) is 0.881. The Bertz CT molecular complexity index is 1330. The molecule has 1 unspecified atom stereocenters. The van der Waals surface area contributed by atoms with E-state index in [1.165, 1.54) is 6.07 Å². The third-order valence-corrected chi connectivity index (χ3v) is 6.69. The van der Waals surface area contributed by atoms with Gasteiger partial charge in [0.25, 0.3) is 10.1 Å². The first-order chi connectivity index (χ1) is 14.5. The highest BCUT2D eigenvalue weighted by Crippen LogP contribution is 2.31. The molecule has 2 aromatic carbocycles. The molecule has 1 aliphatic rings. The van der Waals surface area contributed by atoms with Crippen molar-refractivity contribution in [2.75, 3.05) is 11.4 Å². The number of hydrogen-bond acceptors (Lipinski definition) is 6. The summed E-state index contributed by atoms with van der Waals surface area (Å²) >= 11 is 0. The SMILES string of the molecule is O=S(=O)(O)c1ccc2cccc(CCC3CCCN3c3ncnc4nc[nH]c34)c2c1. The second-order valence-corrected chi connectivity index (χ2v) is 9.02. The molecule has 0 amide bonds. The number of benzene rings is 2. The number of aryl methyl sites for hydroxylation is 1. The Labute approximate surface area is 173 Å². The summed E-state index contributed by atoms with van der Waals surface area (Å²) in [5.41, 5.74) is 2.59. The number of nitrogens with zero attached hydrogens (tertiary/aromatic N) is 4. The minimum Gasteiger partial charge on any atom is -0.352 e. The van der Waals surface area contributed by atoms with Crippen molar-refractivity contribution in [3.05, 3.63) is 54.6 Å². The molecule has 0 saturated carbocycles. The van der Waals surface area contributed by atoms with Crippen molar-refractivity contribution in [3.8, 4) is 0 Å². The molecule has 0 aliphatic carbocycles. The minimum absolute atomic E-state index is 0.0763. The molecule has 8 nitrogen and oxygen atoms in total. The van der Waals surface area contributed by atoms with Crippen molar-refractivity contribution in [1.82, 2.24) is 19.9 Å². The van der Waals surface area contributed by atoms with Gasteiger partial charge < -0.3 is 9.88 Å². The average molecular weight is 423 g/mol. The molecule has 1 aliphatic heterocycles. The molecular weight excluding hydrogens is 402 g/mol. The zero-order valence-electron chi connectivity index (χ0n) is 16.2. The van der Waals surface area contributed by atoms with Crippen molar-refractivity contribution in [3.63, 3.8) is 0 Å². The summed E-state index contributed by atoms with van der Waals surface area (Å²) in [6.45, 7) is 0.929. The molecule has 0 spiro atoms. The highest BCUT2D eigenvalue weighted by atomic mass is 32.2. The van der Waals surface area contributed by atoms with E-state index in [-0.39, 0.29) is 4.90 Å². The molecule has 2 N–H and O–H groups in total. The van der Waals surface area contributed by atoms with E-state index in [1.54, 1.807) is 24.8 Å². The van der Waals surface area contributed by atoms with Gasteiger partial charge in [-0.15, -0.1) is 0 Å². The molecule has 2 aromatic heterocycles. The Balaban J connectivity index is 1.43. The van der Waals surface area contributed by atoms with Crippen molar-refractivity contribution >= 4 is 37.9 Å². The summed E-state index contributed by atoms with van der Waals surface area (Å²) in [5, 5.41) is 1.81. The van der Waals surface area contributed by atoms with Crippen LogP contribution in [0.15, 0.2) is 53.9 Å². The van der Waals surface area contributed by atoms with Gasteiger partial charge >= 0.3 is 0 Å². The molecule has 1 fully saturated rings. The average Bonchev–Trinajstić information content (AvgIpc) is 3.40. The monoisotopic (exact) mass is 423 g/mol. The fourth-order valence-electron chi connectivity index (χ4n) is 4.40. The predicted octanol–water partition coefficient (Wildman–Crippen LogP) is 3.35. The molecular formula is C21H21N5O3S. The Morgan fingerprint density at radius 3 is 2.93 bits per heavy atom. The summed E-state index contributed by atoms with van der Waals surface area (Å²) in [6.07, 6.45) is 7.05. The first-order valence-corrected chi connectivity index (χ1v) is 11.3. The van der Waals surface area contributed by atoms with Crippen LogP contribution in [-0.2, 0) is 16.5 Å². The number of anilines is 1. The lowest BCUT2D eigenvalue weighted by Gasteiger charge is -2.26. The van der Waals surface area contributed by atoms with Gasteiger partial charge in [-0.25, -0.2) is 15.0 Å². The van der Waals surface area contributed by atoms with Gasteiger partial charge in [0.2, 0.25) is 0 Å². The third-order valence-electron chi connectivity index (χ3n) is 5.84. The summed E-state index contributed by atoms with van der Waals surface area (Å²) < 4.78 is 32.6. The fraction of sp³-hybridized carbons (Fsp3) is 0.286. The maximum absolute atomic E-state index is 11.6. The van der Waals surface area contributed by atoms with Crippen LogP contribution in [0.2, 0.25) is 0 Å². The predicted molar refractivity (Wildman–Crippen MR) is 114 cm³/mol. The van der Waals surface area contributed by atoms with E-state index in [4.69, 9.17) is 0 Å². The second-order valence-electron chi connectivity index (χ2n) is 7.60. The largest absolute Gasteiger partial charge is 0.352 e. The fourth-order valence-corrected chi connectivity index (χ4v) is 4.91. The minimum atomic E-state index is -4.23. The maximum Gasteiger partial charge on any atom is 0.294 e. The van der Waals surface area contributed by atoms with Gasteiger partial charge in [-0.1, -0.05) is 24.3 Å². The first-order valence-electron chi connectivity index (χ1n) is 9.90. The normalized spacial score (nSPS) is 17.2. The number of hydrogen-bond donors (Lipinski definition) is 2. The Kier molecular flexibility index (Phi) is 4.63. The Morgan fingerprint density at radius 2 is 2.07 bits per heavy atom. The van der Waals surface area contributed by atoms with Gasteiger partial charge in [-0.2, -0.15) is 8.42 Å². The van der Waals surface area contributed by atoms with Gasteiger partial charge in [-0.05, 0) is 54.2 Å². The third kappa shape index (κ3) is 3.40. The maximum atomic E-state index is 11.6. The van der Waals surface area contributed by atoms with Gasteiger partial charge in [-0.3, -0.25) is 4.55 Å². The summed E-state index contributed by atoms with van der Waals surface area (Å²) in [6, 6.07) is 11.0. The lowest BCUT2D eigenvalue weighted by atomic mass is 9.98. The summed E-state index contributed by atoms with van der Waals surface area (Å²) in [7, 11) is -4.23. The number of imidazole rings is 1. The van der Waals surface area contributed by atoms with Crippen LogP contribution < -0.4 is 4.90 Å². The van der Waals surface area contributed by atoms with Crippen LogP contribution >= 0.6 is 0 Å². The molecule has 9 heteroatoms. The zero-order chi connectivity index (χ0) is 20.7. The van der Waals surface area contributed by atoms with E-state index in [0.29, 0.717) is 11.7 Å². The second kappa shape index (κ2) is 7.33. The first kappa shape index (κ1) is 19.0. The number of H-pyrrole nitrogens is 1. The smallest absolute Gasteiger partial charge is 0.294 e. The molecule has 3 heterocycles. The van der Waals surface area contributed by atoms with Crippen LogP contribution in [0.4, 0.5) is 5.82 Å². The molecule has 1 saturated heterocycles. The molecule has 0 bridgehead atoms. The van der Waals surface area contributed by atoms with Crippen molar-refractivity contribution in [1.29, 1.82) is 0 Å². The summed E-state index contributed by atoms with van der Waals surface area (Å²) in [4.78, 5) is 18.3. The van der Waals surface area contributed by atoms with Crippen molar-refractivity contribution in [2.45, 2.75) is 36.6 Å². The Hall–Kier alpha value is -3.04. The van der Waals surface area contributed by atoms with Crippen LogP contribution in [0, 0.1) is 0 Å². The number of nitrogens with one attached hydrogen (secondary N) is 1. The molecule has 4 aromatic rings. The van der Waals surface area contributed by atoms with E-state index in [9.17, 15) is 13.0 Å². The molecule has 0 radical (unpaired) electrons. The van der Waals surface area contributed by atoms with Crippen LogP contribution in [0.5, 0.6) is 0 Å². The van der Waals surface area contributed by atoms with Crippen molar-refractivity contribution < 1.29 is 13.0 Å². The van der Waals surface area contributed by atoms with Crippen molar-refractivity contribution in [2.24, 2.45) is 0 Å². The molecule has 5 rings (SSSR count). The van der Waals surface area contributed by atoms with Gasteiger partial charge in [0.05, 0.1) is 11.2 Å². The van der Waals surface area contributed by atoms with E-state index >= 15 is 0 Å². The van der Waals surface area contributed by atoms with E-state index in [1.807, 2.05) is 18.2 Å². The topological polar surface area (TPSA) is 112 Å². The quantitative estimate of drug-likeness (QED) is 0.473. The molecule has 154 valence electrons. The van der Waals surface area contributed by atoms with Gasteiger partial charge in [0.15, 0.2) is 11.5 Å². The standard InChI is InChI=1S/C21H21N5O3S/c27-30(28,29)17-9-7-15-4-1-3-14(18(15)11-17)6-8-16-5-2-10-26(16)21-19-20(23-12-22-19)24-13-25-21/h1,3-4,7,9,11-13,16H,2,5-6,8,10H2,(H,27,28,29)(H,22,23,24,25). The zero-order valence-corrected chi connectivity index (χ0v) is 17.0. The van der Waals surface area contributed by atoms with Crippen LogP contribution in [0.1, 0.15) is 24.8 Å². The van der Waals surface area contributed by atoms with Crippen LogP contribution in [0.3, 0.4) is 0 Å². The number of aromatic amines is 1. The van der Waals surface area contributed by atoms with E-state index < -0.39 is 10.1 Å². The van der Waals surface area contributed by atoms with Gasteiger partial charge in [0, 0.05) is 12.6 Å². The number of aromatic nitrogens is 4. The van der Waals surface area contributed by atoms with E-state index in [2.05, 4.69) is 24.8 Å². The van der Waals surface area contributed by atoms with Gasteiger partial charge in [0.1, 0.15) is 11.8 Å². The van der Waals surface area contributed by atoms with Crippen LogP contribution in [-0.4, -0.2) is 45.5 Å². The highest BCUT2D eigenvalue weighted by Gasteiger charge is 2.27. The number of fused-ring (bicyclic) bond motifs is 2. The lowest BCUT2D eigenvalue weighted by molar-refractivity contribution is 0.483. The lowest BCUT2D eigenvalue weighted by Crippen LogP contribution is -2.30. The number of rotatable bonds is 5. The van der Waals surface area contributed by atoms with Crippen LogP contribution in [0.25, 0.3) is 21.9 Å². The van der Waals surface area contributed by atoms with E-state index in [0.717, 1.165) is 59.9 Å².